The molecule has 0 bridgehead atoms. The quantitative estimate of drug-likeness (QED) is 0.853. The zero-order valence-electron chi connectivity index (χ0n) is 13.1. The van der Waals surface area contributed by atoms with Crippen LogP contribution in [-0.2, 0) is 9.53 Å². The van der Waals surface area contributed by atoms with Gasteiger partial charge in [-0.05, 0) is 12.5 Å². The minimum atomic E-state index is -0.0181. The van der Waals surface area contributed by atoms with E-state index in [0.29, 0.717) is 19.7 Å². The maximum Gasteiger partial charge on any atom is 0.239 e. The summed E-state index contributed by atoms with van der Waals surface area (Å²) in [6.07, 6.45) is 0.00279. The molecule has 120 valence electrons. The summed E-state index contributed by atoms with van der Waals surface area (Å²) in [4.78, 5) is 17.1. The number of amides is 1. The second kappa shape index (κ2) is 7.49. The summed E-state index contributed by atoms with van der Waals surface area (Å²) in [6, 6.07) is 10.2. The van der Waals surface area contributed by atoms with Crippen molar-refractivity contribution in [1.29, 1.82) is 0 Å². The molecule has 0 radical (unpaired) electrons. The molecule has 0 aromatic heterocycles. The average Bonchev–Trinajstić information content (AvgIpc) is 2.62. The Hall–Kier alpha value is -1.04. The van der Waals surface area contributed by atoms with Crippen molar-refractivity contribution in [2.45, 2.75) is 19.1 Å². The Morgan fingerprint density at radius 3 is 2.68 bits per heavy atom. The summed E-state index contributed by atoms with van der Waals surface area (Å²) in [5, 5.41) is 0. The highest BCUT2D eigenvalue weighted by atomic mass is 32.2. The number of hydrogen-bond donors (Lipinski definition) is 0. The van der Waals surface area contributed by atoms with Crippen molar-refractivity contribution in [3.63, 3.8) is 0 Å². The number of ether oxygens (including phenoxy) is 1. The zero-order valence-corrected chi connectivity index (χ0v) is 13.9. The Labute approximate surface area is 136 Å². The van der Waals surface area contributed by atoms with Gasteiger partial charge in [0.25, 0.3) is 0 Å². The van der Waals surface area contributed by atoms with E-state index in [1.807, 2.05) is 41.8 Å². The van der Waals surface area contributed by atoms with Crippen molar-refractivity contribution in [1.82, 2.24) is 9.80 Å². The van der Waals surface area contributed by atoms with E-state index >= 15 is 0 Å². The van der Waals surface area contributed by atoms with Crippen LogP contribution in [0.2, 0.25) is 0 Å². The summed E-state index contributed by atoms with van der Waals surface area (Å²) in [5.41, 5.74) is 1.15. The number of nitrogens with zero attached hydrogens (tertiary/aromatic N) is 2. The van der Waals surface area contributed by atoms with E-state index in [2.05, 4.69) is 17.0 Å². The molecular weight excluding hydrogens is 296 g/mol. The standard InChI is InChI=1S/C17H24N2O2S/c1-14(18-8-11-22-12-9-18)17(20)19-7-10-21-16(13-19)15-5-3-2-4-6-15/h2-6,14,16H,7-13H2,1H3/t14-,16+/m0/s1. The Morgan fingerprint density at radius 2 is 1.95 bits per heavy atom. The fourth-order valence-electron chi connectivity index (χ4n) is 3.10. The number of hydrogen-bond acceptors (Lipinski definition) is 4. The van der Waals surface area contributed by atoms with Crippen molar-refractivity contribution < 1.29 is 9.53 Å². The highest BCUT2D eigenvalue weighted by Crippen LogP contribution is 2.23. The fraction of sp³-hybridized carbons (Fsp3) is 0.588. The summed E-state index contributed by atoms with van der Waals surface area (Å²) >= 11 is 1.97. The molecule has 2 atom stereocenters. The van der Waals surface area contributed by atoms with Crippen LogP contribution in [-0.4, -0.2) is 66.0 Å². The van der Waals surface area contributed by atoms with E-state index in [1.165, 1.54) is 0 Å². The molecule has 22 heavy (non-hydrogen) atoms. The highest BCUT2D eigenvalue weighted by molar-refractivity contribution is 7.99. The number of morpholine rings is 1. The molecular formula is C17H24N2O2S. The van der Waals surface area contributed by atoms with Crippen LogP contribution in [0.4, 0.5) is 0 Å². The lowest BCUT2D eigenvalue weighted by Gasteiger charge is -2.38. The topological polar surface area (TPSA) is 32.8 Å². The Bertz CT molecular complexity index is 491. The van der Waals surface area contributed by atoms with Crippen LogP contribution >= 0.6 is 11.8 Å². The van der Waals surface area contributed by atoms with E-state index in [-0.39, 0.29) is 18.1 Å². The molecule has 1 aromatic carbocycles. The molecule has 0 spiro atoms. The van der Waals surface area contributed by atoms with Gasteiger partial charge in [-0.3, -0.25) is 9.69 Å². The lowest BCUT2D eigenvalue weighted by molar-refractivity contribution is -0.144. The third kappa shape index (κ3) is 3.65. The predicted octanol–water partition coefficient (Wildman–Crippen LogP) is 2.02. The number of carbonyl (C=O) groups is 1. The van der Waals surface area contributed by atoms with Gasteiger partial charge in [-0.1, -0.05) is 30.3 Å². The monoisotopic (exact) mass is 320 g/mol. The van der Waals surface area contributed by atoms with E-state index in [1.54, 1.807) is 0 Å². The van der Waals surface area contributed by atoms with Gasteiger partial charge >= 0.3 is 0 Å². The van der Waals surface area contributed by atoms with Crippen molar-refractivity contribution >= 4 is 17.7 Å². The molecule has 0 saturated carbocycles. The van der Waals surface area contributed by atoms with Crippen molar-refractivity contribution in [2.24, 2.45) is 0 Å². The Balaban J connectivity index is 1.62. The van der Waals surface area contributed by atoms with E-state index in [9.17, 15) is 4.79 Å². The van der Waals surface area contributed by atoms with Crippen LogP contribution in [0.15, 0.2) is 30.3 Å². The predicted molar refractivity (Wildman–Crippen MR) is 90.1 cm³/mol. The first kappa shape index (κ1) is 15.8. The van der Waals surface area contributed by atoms with Crippen LogP contribution in [0.1, 0.15) is 18.6 Å². The molecule has 2 aliphatic rings. The Kier molecular flexibility index (Phi) is 5.39. The average molecular weight is 320 g/mol. The van der Waals surface area contributed by atoms with Crippen LogP contribution in [0.25, 0.3) is 0 Å². The lowest BCUT2D eigenvalue weighted by Crippen LogP contribution is -2.52. The Morgan fingerprint density at radius 1 is 1.23 bits per heavy atom. The third-order valence-corrected chi connectivity index (χ3v) is 5.44. The maximum atomic E-state index is 12.8. The molecule has 5 heteroatoms. The van der Waals surface area contributed by atoms with Gasteiger partial charge < -0.3 is 9.64 Å². The molecule has 3 rings (SSSR count). The van der Waals surface area contributed by atoms with Crippen LogP contribution in [0, 0.1) is 0 Å². The van der Waals surface area contributed by atoms with E-state index in [0.717, 1.165) is 30.2 Å². The first-order valence-corrected chi connectivity index (χ1v) is 9.18. The molecule has 0 aliphatic carbocycles. The minimum Gasteiger partial charge on any atom is -0.370 e. The number of thioether (sulfide) groups is 1. The number of benzene rings is 1. The van der Waals surface area contributed by atoms with Gasteiger partial charge in [0.1, 0.15) is 6.10 Å². The highest BCUT2D eigenvalue weighted by Gasteiger charge is 2.31. The van der Waals surface area contributed by atoms with Gasteiger partial charge in [-0.15, -0.1) is 0 Å². The van der Waals surface area contributed by atoms with Gasteiger partial charge in [0, 0.05) is 31.1 Å². The van der Waals surface area contributed by atoms with E-state index in [4.69, 9.17) is 4.74 Å². The first-order chi connectivity index (χ1) is 10.8. The van der Waals surface area contributed by atoms with Gasteiger partial charge in [0.05, 0.1) is 19.2 Å². The summed E-state index contributed by atoms with van der Waals surface area (Å²) < 4.78 is 5.86. The van der Waals surface area contributed by atoms with Gasteiger partial charge in [-0.25, -0.2) is 0 Å². The third-order valence-electron chi connectivity index (χ3n) is 4.50. The van der Waals surface area contributed by atoms with Crippen LogP contribution in [0.5, 0.6) is 0 Å². The molecule has 0 unspecified atom stereocenters. The normalized spacial score (nSPS) is 25.0. The number of carbonyl (C=O) groups excluding carboxylic acids is 1. The minimum absolute atomic E-state index is 0.00279. The second-order valence-electron chi connectivity index (χ2n) is 5.88. The molecule has 4 nitrogen and oxygen atoms in total. The maximum absolute atomic E-state index is 12.8. The molecule has 1 aromatic rings. The first-order valence-electron chi connectivity index (χ1n) is 8.03. The summed E-state index contributed by atoms with van der Waals surface area (Å²) in [6.45, 7) is 6.07. The second-order valence-corrected chi connectivity index (χ2v) is 7.10. The van der Waals surface area contributed by atoms with E-state index < -0.39 is 0 Å². The SMILES string of the molecule is C[C@@H](C(=O)N1CCO[C@@H](c2ccccc2)C1)N1CCSCC1. The zero-order chi connectivity index (χ0) is 15.4. The molecule has 2 fully saturated rings. The fourth-order valence-corrected chi connectivity index (χ4v) is 4.04. The smallest absolute Gasteiger partial charge is 0.239 e. The molecule has 0 N–H and O–H groups in total. The van der Waals surface area contributed by atoms with Crippen LogP contribution in [0.3, 0.4) is 0 Å². The largest absolute Gasteiger partial charge is 0.370 e. The van der Waals surface area contributed by atoms with Crippen molar-refractivity contribution in [3.05, 3.63) is 35.9 Å². The number of rotatable bonds is 3. The van der Waals surface area contributed by atoms with Crippen LogP contribution < -0.4 is 0 Å². The summed E-state index contributed by atoms with van der Waals surface area (Å²) in [5.74, 6) is 2.51. The van der Waals surface area contributed by atoms with Gasteiger partial charge in [0.2, 0.25) is 5.91 Å². The van der Waals surface area contributed by atoms with Gasteiger partial charge in [0.15, 0.2) is 0 Å². The van der Waals surface area contributed by atoms with Crippen molar-refractivity contribution in [3.8, 4) is 0 Å². The van der Waals surface area contributed by atoms with Gasteiger partial charge in [-0.2, -0.15) is 11.8 Å². The van der Waals surface area contributed by atoms with Crippen molar-refractivity contribution in [2.75, 3.05) is 44.3 Å². The molecule has 2 saturated heterocycles. The molecule has 1 amide bonds. The lowest BCUT2D eigenvalue weighted by atomic mass is 10.1. The molecule has 2 aliphatic heterocycles. The summed E-state index contributed by atoms with van der Waals surface area (Å²) in [7, 11) is 0. The molecule has 2 heterocycles.